The predicted octanol–water partition coefficient (Wildman–Crippen LogP) is -3.26. The molecule has 0 aromatic heterocycles. The highest BCUT2D eigenvalue weighted by molar-refractivity contribution is 7.46. The molecule has 0 fully saturated rings. The third-order valence-corrected chi connectivity index (χ3v) is 2.08. The summed E-state index contributed by atoms with van der Waals surface area (Å²) in [4.78, 5) is 27.5. The van der Waals surface area contributed by atoms with Crippen LogP contribution in [-0.2, 0) is 13.9 Å². The summed E-state index contributed by atoms with van der Waals surface area (Å²) in [5.74, 6) is -1.23. The van der Waals surface area contributed by atoms with Gasteiger partial charge in [0.25, 0.3) is 0 Å². The number of phosphoric acid groups is 1. The summed E-state index contributed by atoms with van der Waals surface area (Å²) in [5, 5.41) is 35.4. The molecule has 16 heavy (non-hydrogen) atoms. The number of hydrogen-bond donors (Lipinski definition) is 6. The van der Waals surface area contributed by atoms with Crippen molar-refractivity contribution >= 4 is 13.6 Å². The Morgan fingerprint density at radius 2 is 1.75 bits per heavy atom. The van der Waals surface area contributed by atoms with E-state index in [9.17, 15) is 9.36 Å². The molecule has 0 amide bonds. The van der Waals surface area contributed by atoms with Crippen molar-refractivity contribution in [3.05, 3.63) is 0 Å². The summed E-state index contributed by atoms with van der Waals surface area (Å²) in [5.41, 5.74) is 0. The Kier molecular flexibility index (Phi) is 6.23. The van der Waals surface area contributed by atoms with E-state index in [0.29, 0.717) is 0 Å². The van der Waals surface area contributed by atoms with Crippen molar-refractivity contribution in [3.63, 3.8) is 0 Å². The minimum Gasteiger partial charge on any atom is -0.394 e. The molecule has 0 aliphatic rings. The van der Waals surface area contributed by atoms with Gasteiger partial charge in [-0.05, 0) is 0 Å². The van der Waals surface area contributed by atoms with Gasteiger partial charge in [-0.2, -0.15) is 0 Å². The van der Waals surface area contributed by atoms with Crippen molar-refractivity contribution in [2.24, 2.45) is 0 Å². The minimum absolute atomic E-state index is 0.884. The third kappa shape index (κ3) is 5.64. The van der Waals surface area contributed by atoms with Crippen LogP contribution >= 0.6 is 7.82 Å². The van der Waals surface area contributed by atoms with Gasteiger partial charge in [0, 0.05) is 0 Å². The first-order valence-corrected chi connectivity index (χ1v) is 5.60. The number of phosphoric ester groups is 1. The summed E-state index contributed by atoms with van der Waals surface area (Å²) in [6, 6.07) is 0. The monoisotopic (exact) mass is 260 g/mol. The molecule has 0 aliphatic carbocycles. The Hall–Kier alpha value is -0.380. The van der Waals surface area contributed by atoms with Gasteiger partial charge < -0.3 is 30.2 Å². The minimum atomic E-state index is -4.85. The molecule has 0 aromatic rings. The fourth-order valence-electron chi connectivity index (χ4n) is 0.742. The van der Waals surface area contributed by atoms with Gasteiger partial charge in [0.05, 0.1) is 6.61 Å². The molecule has 0 radical (unpaired) electrons. The van der Waals surface area contributed by atoms with Crippen LogP contribution in [0.25, 0.3) is 0 Å². The van der Waals surface area contributed by atoms with E-state index in [-0.39, 0.29) is 0 Å². The largest absolute Gasteiger partial charge is 0.470 e. The van der Waals surface area contributed by atoms with E-state index >= 15 is 0 Å². The molecular weight excluding hydrogens is 247 g/mol. The zero-order valence-electron chi connectivity index (χ0n) is 8.00. The Balaban J connectivity index is 4.23. The quantitative estimate of drug-likeness (QED) is 0.258. The Morgan fingerprint density at radius 3 is 2.12 bits per heavy atom. The number of aliphatic hydroxyl groups is 4. The Bertz CT molecular complexity index is 273. The lowest BCUT2D eigenvalue weighted by Gasteiger charge is -2.20. The molecule has 0 unspecified atom stereocenters. The molecule has 96 valence electrons. The summed E-state index contributed by atoms with van der Waals surface area (Å²) < 4.78 is 14.0. The zero-order valence-corrected chi connectivity index (χ0v) is 8.90. The van der Waals surface area contributed by atoms with Gasteiger partial charge in [0.1, 0.15) is 24.9 Å². The first-order chi connectivity index (χ1) is 7.19. The van der Waals surface area contributed by atoms with E-state index in [2.05, 4.69) is 4.52 Å². The second-order valence-corrected chi connectivity index (χ2v) is 4.16. The van der Waals surface area contributed by atoms with E-state index in [1.807, 2.05) is 0 Å². The summed E-state index contributed by atoms with van der Waals surface area (Å²) in [6.45, 7) is -2.01. The third-order valence-electron chi connectivity index (χ3n) is 1.61. The fraction of sp³-hybridized carbons (Fsp3) is 0.833. The lowest BCUT2D eigenvalue weighted by Crippen LogP contribution is -2.45. The van der Waals surface area contributed by atoms with Crippen molar-refractivity contribution < 1.29 is 44.1 Å². The van der Waals surface area contributed by atoms with Crippen LogP contribution in [0.3, 0.4) is 0 Å². The lowest BCUT2D eigenvalue weighted by molar-refractivity contribution is -0.142. The maximum atomic E-state index is 11.0. The SMILES string of the molecule is O=C(COP(=O)(O)O)[C@H](O)[C@H](O)[C@@H](O)CO. The van der Waals surface area contributed by atoms with Gasteiger partial charge in [0.15, 0.2) is 5.78 Å². The molecular formula is C6H13O9P. The van der Waals surface area contributed by atoms with Crippen LogP contribution in [0.5, 0.6) is 0 Å². The molecule has 0 heterocycles. The van der Waals surface area contributed by atoms with Gasteiger partial charge in [0.2, 0.25) is 0 Å². The van der Waals surface area contributed by atoms with Gasteiger partial charge in [-0.15, -0.1) is 0 Å². The molecule has 0 aliphatic heterocycles. The van der Waals surface area contributed by atoms with Gasteiger partial charge in [-0.3, -0.25) is 9.32 Å². The second kappa shape index (κ2) is 6.38. The number of rotatable bonds is 7. The van der Waals surface area contributed by atoms with Crippen molar-refractivity contribution in [2.45, 2.75) is 18.3 Å². The molecule has 0 saturated heterocycles. The number of Topliss-reactive ketones (excluding diaryl/α,β-unsaturated/α-hetero) is 1. The van der Waals surface area contributed by atoms with Crippen LogP contribution in [0.15, 0.2) is 0 Å². The zero-order chi connectivity index (χ0) is 12.9. The smallest absolute Gasteiger partial charge is 0.394 e. The van der Waals surface area contributed by atoms with Crippen LogP contribution in [0.4, 0.5) is 0 Å². The molecule has 9 nitrogen and oxygen atoms in total. The average Bonchev–Trinajstić information content (AvgIpc) is 2.21. The topological polar surface area (TPSA) is 165 Å². The van der Waals surface area contributed by atoms with Crippen LogP contribution in [0.2, 0.25) is 0 Å². The highest BCUT2D eigenvalue weighted by Crippen LogP contribution is 2.35. The van der Waals surface area contributed by atoms with Gasteiger partial charge in [-0.25, -0.2) is 4.57 Å². The number of carbonyl (C=O) groups excluding carboxylic acids is 1. The van der Waals surface area contributed by atoms with Crippen molar-refractivity contribution in [3.8, 4) is 0 Å². The van der Waals surface area contributed by atoms with E-state index < -0.39 is 45.1 Å². The molecule has 0 bridgehead atoms. The van der Waals surface area contributed by atoms with E-state index in [1.165, 1.54) is 0 Å². The summed E-state index contributed by atoms with van der Waals surface area (Å²) in [7, 11) is -4.85. The van der Waals surface area contributed by atoms with Crippen LogP contribution in [-0.4, -0.2) is 67.5 Å². The normalized spacial score (nSPS) is 17.9. The van der Waals surface area contributed by atoms with Crippen LogP contribution in [0.1, 0.15) is 0 Å². The maximum absolute atomic E-state index is 11.0. The van der Waals surface area contributed by atoms with Crippen molar-refractivity contribution in [1.29, 1.82) is 0 Å². The van der Waals surface area contributed by atoms with Gasteiger partial charge in [-0.1, -0.05) is 0 Å². The molecule has 6 N–H and O–H groups in total. The maximum Gasteiger partial charge on any atom is 0.470 e. The highest BCUT2D eigenvalue weighted by Gasteiger charge is 2.31. The van der Waals surface area contributed by atoms with E-state index in [1.54, 1.807) is 0 Å². The molecule has 0 aromatic carbocycles. The van der Waals surface area contributed by atoms with Crippen molar-refractivity contribution in [2.75, 3.05) is 13.2 Å². The molecule has 10 heteroatoms. The standard InChI is InChI=1S/C6H13O9P/c7-1-3(8)5(10)6(11)4(9)2-15-16(12,13)14/h3,5-8,10-11H,1-2H2,(H2,12,13,14)/t3-,5+,6-/m0/s1. The first kappa shape index (κ1) is 15.6. The van der Waals surface area contributed by atoms with E-state index in [4.69, 9.17) is 30.2 Å². The number of hydrogen-bond acceptors (Lipinski definition) is 7. The van der Waals surface area contributed by atoms with Gasteiger partial charge >= 0.3 is 7.82 Å². The summed E-state index contributed by atoms with van der Waals surface area (Å²) in [6.07, 6.45) is -5.81. The molecule has 3 atom stereocenters. The second-order valence-electron chi connectivity index (χ2n) is 2.92. The van der Waals surface area contributed by atoms with Crippen LogP contribution < -0.4 is 0 Å². The molecule has 0 saturated carbocycles. The van der Waals surface area contributed by atoms with E-state index in [0.717, 1.165) is 0 Å². The molecule has 0 rings (SSSR count). The first-order valence-electron chi connectivity index (χ1n) is 4.07. The Labute approximate surface area is 90.2 Å². The lowest BCUT2D eigenvalue weighted by atomic mass is 10.1. The number of aliphatic hydroxyl groups excluding tert-OH is 4. The van der Waals surface area contributed by atoms with Crippen molar-refractivity contribution in [1.82, 2.24) is 0 Å². The van der Waals surface area contributed by atoms with Crippen LogP contribution in [0, 0.1) is 0 Å². The highest BCUT2D eigenvalue weighted by atomic mass is 31.2. The average molecular weight is 260 g/mol. The Morgan fingerprint density at radius 1 is 1.25 bits per heavy atom. The summed E-state index contributed by atoms with van der Waals surface area (Å²) >= 11 is 0. The molecule has 0 spiro atoms. The number of ketones is 1. The fourth-order valence-corrected chi connectivity index (χ4v) is 1.04. The predicted molar refractivity (Wildman–Crippen MR) is 48.1 cm³/mol. The number of carbonyl (C=O) groups is 1.